The van der Waals surface area contributed by atoms with Crippen LogP contribution in [-0.4, -0.2) is 24.1 Å². The lowest BCUT2D eigenvalue weighted by Gasteiger charge is -2.48. The molecule has 24 heavy (non-hydrogen) atoms. The molecule has 2 aliphatic rings. The van der Waals surface area contributed by atoms with Crippen molar-refractivity contribution in [2.45, 2.75) is 51.3 Å². The van der Waals surface area contributed by atoms with Crippen LogP contribution in [0.1, 0.15) is 42.0 Å². The molecule has 1 spiro atoms. The molecule has 2 heterocycles. The van der Waals surface area contributed by atoms with E-state index in [2.05, 4.69) is 67.3 Å². The fourth-order valence-corrected chi connectivity index (χ4v) is 4.45. The molecular formula is C22H27NO. The summed E-state index contributed by atoms with van der Waals surface area (Å²) in [5.41, 5.74) is 5.64. The van der Waals surface area contributed by atoms with Gasteiger partial charge in [0.05, 0.1) is 12.2 Å². The molecule has 0 aromatic heterocycles. The standard InChI is InChI=1S/C22H27NO/c1-17-8-9-20-10-13-24-22(21(20)14-17)11-12-23(18(2)15-22)16-19-6-4-3-5-7-19/h3-9,14,18H,10-13,15-16H2,1-2H3/t18-,22-/m1/s1. The van der Waals surface area contributed by atoms with Gasteiger partial charge in [-0.05, 0) is 49.8 Å². The van der Waals surface area contributed by atoms with Crippen molar-refractivity contribution >= 4 is 0 Å². The Balaban J connectivity index is 1.56. The topological polar surface area (TPSA) is 12.5 Å². The van der Waals surface area contributed by atoms with Crippen LogP contribution >= 0.6 is 0 Å². The third-order valence-corrected chi connectivity index (χ3v) is 5.79. The number of ether oxygens (including phenoxy) is 1. The van der Waals surface area contributed by atoms with Gasteiger partial charge in [0.25, 0.3) is 0 Å². The van der Waals surface area contributed by atoms with Crippen LogP contribution in [0.4, 0.5) is 0 Å². The Morgan fingerprint density at radius 3 is 2.79 bits per heavy atom. The lowest BCUT2D eigenvalue weighted by molar-refractivity contribution is -0.113. The minimum Gasteiger partial charge on any atom is -0.370 e. The summed E-state index contributed by atoms with van der Waals surface area (Å²) in [6, 6.07) is 18.3. The van der Waals surface area contributed by atoms with Gasteiger partial charge in [-0.1, -0.05) is 54.1 Å². The van der Waals surface area contributed by atoms with E-state index >= 15 is 0 Å². The number of hydrogen-bond acceptors (Lipinski definition) is 2. The average Bonchev–Trinajstić information content (AvgIpc) is 2.59. The Hall–Kier alpha value is -1.64. The van der Waals surface area contributed by atoms with E-state index in [9.17, 15) is 0 Å². The molecule has 2 aromatic carbocycles. The maximum atomic E-state index is 6.43. The van der Waals surface area contributed by atoms with E-state index in [0.717, 1.165) is 39.0 Å². The van der Waals surface area contributed by atoms with E-state index in [0.29, 0.717) is 6.04 Å². The summed E-state index contributed by atoms with van der Waals surface area (Å²) in [6.07, 6.45) is 3.25. The molecule has 1 fully saturated rings. The SMILES string of the molecule is Cc1ccc2c(c1)[C@]1(CCN(Cc3ccccc3)[C@H](C)C1)OCC2. The number of piperidine rings is 1. The van der Waals surface area contributed by atoms with Crippen molar-refractivity contribution in [1.82, 2.24) is 4.90 Å². The van der Waals surface area contributed by atoms with Crippen LogP contribution in [0, 0.1) is 6.92 Å². The number of nitrogens with zero attached hydrogens (tertiary/aromatic N) is 1. The minimum absolute atomic E-state index is 0.0633. The van der Waals surface area contributed by atoms with Crippen molar-refractivity contribution in [2.75, 3.05) is 13.2 Å². The lowest BCUT2D eigenvalue weighted by Crippen LogP contribution is -2.50. The molecule has 2 aromatic rings. The highest BCUT2D eigenvalue weighted by Gasteiger charge is 2.43. The monoisotopic (exact) mass is 321 g/mol. The second-order valence-electron chi connectivity index (χ2n) is 7.51. The Morgan fingerprint density at radius 2 is 2.00 bits per heavy atom. The summed E-state index contributed by atoms with van der Waals surface area (Å²) >= 11 is 0. The third kappa shape index (κ3) is 2.89. The van der Waals surface area contributed by atoms with Crippen LogP contribution in [0.5, 0.6) is 0 Å². The van der Waals surface area contributed by atoms with Crippen LogP contribution in [0.3, 0.4) is 0 Å². The van der Waals surface area contributed by atoms with Crippen LogP contribution in [-0.2, 0) is 23.3 Å². The zero-order chi connectivity index (χ0) is 16.6. The minimum atomic E-state index is -0.0633. The molecule has 0 bridgehead atoms. The molecule has 4 rings (SSSR count). The quantitative estimate of drug-likeness (QED) is 0.810. The Morgan fingerprint density at radius 1 is 1.17 bits per heavy atom. The number of aryl methyl sites for hydroxylation is 1. The average molecular weight is 321 g/mol. The summed E-state index contributed by atoms with van der Waals surface area (Å²) in [6.45, 7) is 7.55. The normalized spacial score (nSPS) is 27.2. The third-order valence-electron chi connectivity index (χ3n) is 5.79. The van der Waals surface area contributed by atoms with Crippen molar-refractivity contribution in [3.63, 3.8) is 0 Å². The highest BCUT2D eigenvalue weighted by atomic mass is 16.5. The molecule has 0 amide bonds. The van der Waals surface area contributed by atoms with Crippen molar-refractivity contribution in [3.8, 4) is 0 Å². The molecule has 0 radical (unpaired) electrons. The maximum Gasteiger partial charge on any atom is 0.0961 e. The van der Waals surface area contributed by atoms with Gasteiger partial charge in [0.1, 0.15) is 0 Å². The largest absolute Gasteiger partial charge is 0.370 e. The van der Waals surface area contributed by atoms with Crippen molar-refractivity contribution in [2.24, 2.45) is 0 Å². The highest BCUT2D eigenvalue weighted by Crippen LogP contribution is 2.44. The molecule has 0 aliphatic carbocycles. The summed E-state index contributed by atoms with van der Waals surface area (Å²) in [5.74, 6) is 0. The number of benzene rings is 2. The van der Waals surface area contributed by atoms with Crippen molar-refractivity contribution in [3.05, 3.63) is 70.8 Å². The molecule has 2 aliphatic heterocycles. The van der Waals surface area contributed by atoms with Gasteiger partial charge >= 0.3 is 0 Å². The number of fused-ring (bicyclic) bond motifs is 2. The molecular weight excluding hydrogens is 294 g/mol. The molecule has 2 heteroatoms. The van der Waals surface area contributed by atoms with E-state index in [1.807, 2.05) is 0 Å². The maximum absolute atomic E-state index is 6.43. The molecule has 2 atom stereocenters. The van der Waals surface area contributed by atoms with Gasteiger partial charge in [-0.15, -0.1) is 0 Å². The number of likely N-dealkylation sites (tertiary alicyclic amines) is 1. The first-order chi connectivity index (χ1) is 11.7. The fraction of sp³-hybridized carbons (Fsp3) is 0.455. The molecule has 0 N–H and O–H groups in total. The smallest absolute Gasteiger partial charge is 0.0961 e. The summed E-state index contributed by atoms with van der Waals surface area (Å²) in [5, 5.41) is 0. The van der Waals surface area contributed by atoms with Gasteiger partial charge in [0.2, 0.25) is 0 Å². The Kier molecular flexibility index (Phi) is 4.19. The van der Waals surface area contributed by atoms with E-state index in [1.54, 1.807) is 0 Å². The Bertz CT molecular complexity index is 711. The van der Waals surface area contributed by atoms with Gasteiger partial charge in [-0.25, -0.2) is 0 Å². The second-order valence-corrected chi connectivity index (χ2v) is 7.51. The number of hydrogen-bond donors (Lipinski definition) is 0. The van der Waals surface area contributed by atoms with Crippen LogP contribution in [0.25, 0.3) is 0 Å². The molecule has 0 saturated carbocycles. The second kappa shape index (κ2) is 6.34. The first-order valence-corrected chi connectivity index (χ1v) is 9.18. The predicted octanol–water partition coefficient (Wildman–Crippen LogP) is 4.45. The molecule has 1 saturated heterocycles. The number of rotatable bonds is 2. The van der Waals surface area contributed by atoms with E-state index in [1.165, 1.54) is 22.3 Å². The fourth-order valence-electron chi connectivity index (χ4n) is 4.45. The zero-order valence-electron chi connectivity index (χ0n) is 14.8. The van der Waals surface area contributed by atoms with Gasteiger partial charge in [0, 0.05) is 19.1 Å². The van der Waals surface area contributed by atoms with Crippen LogP contribution < -0.4 is 0 Å². The van der Waals surface area contributed by atoms with E-state index < -0.39 is 0 Å². The zero-order valence-corrected chi connectivity index (χ0v) is 14.8. The van der Waals surface area contributed by atoms with Crippen LogP contribution in [0.15, 0.2) is 48.5 Å². The van der Waals surface area contributed by atoms with Crippen LogP contribution in [0.2, 0.25) is 0 Å². The van der Waals surface area contributed by atoms with Gasteiger partial charge in [0.15, 0.2) is 0 Å². The highest BCUT2D eigenvalue weighted by molar-refractivity contribution is 5.38. The van der Waals surface area contributed by atoms with Gasteiger partial charge < -0.3 is 4.74 Å². The van der Waals surface area contributed by atoms with Crippen molar-refractivity contribution < 1.29 is 4.74 Å². The summed E-state index contributed by atoms with van der Waals surface area (Å²) in [4.78, 5) is 2.61. The van der Waals surface area contributed by atoms with E-state index in [4.69, 9.17) is 4.74 Å². The lowest BCUT2D eigenvalue weighted by atomic mass is 9.76. The Labute approximate surface area is 145 Å². The molecule has 2 nitrogen and oxygen atoms in total. The first-order valence-electron chi connectivity index (χ1n) is 9.18. The predicted molar refractivity (Wildman–Crippen MR) is 98.1 cm³/mol. The molecule has 0 unspecified atom stereocenters. The first kappa shape index (κ1) is 15.9. The van der Waals surface area contributed by atoms with Crippen molar-refractivity contribution in [1.29, 1.82) is 0 Å². The molecule has 126 valence electrons. The van der Waals surface area contributed by atoms with Gasteiger partial charge in [-0.3, -0.25) is 4.90 Å². The summed E-state index contributed by atoms with van der Waals surface area (Å²) < 4.78 is 6.43. The van der Waals surface area contributed by atoms with Gasteiger partial charge in [-0.2, -0.15) is 0 Å². The summed E-state index contributed by atoms with van der Waals surface area (Å²) in [7, 11) is 0. The van der Waals surface area contributed by atoms with E-state index in [-0.39, 0.29) is 5.60 Å².